The fourth-order valence-corrected chi connectivity index (χ4v) is 2.38. The number of hydrogen-bond donors (Lipinski definition) is 2. The van der Waals surface area contributed by atoms with E-state index < -0.39 is 18.0 Å². The summed E-state index contributed by atoms with van der Waals surface area (Å²) in [5.41, 5.74) is 3.56. The van der Waals surface area contributed by atoms with Gasteiger partial charge in [-0.05, 0) is 18.2 Å². The van der Waals surface area contributed by atoms with Gasteiger partial charge < -0.3 is 14.7 Å². The number of anilines is 2. The molecule has 114 valence electrons. The normalized spacial score (nSPS) is 22.6. The van der Waals surface area contributed by atoms with Crippen LogP contribution in [0.25, 0.3) is 0 Å². The van der Waals surface area contributed by atoms with E-state index in [-0.39, 0.29) is 13.2 Å². The molecule has 0 saturated carbocycles. The molecule has 8 heteroatoms. The minimum Gasteiger partial charge on any atom is -0.441 e. The summed E-state index contributed by atoms with van der Waals surface area (Å²) in [6.07, 6.45) is -1.14. The highest BCUT2D eigenvalue weighted by Gasteiger charge is 2.32. The maximum absolute atomic E-state index is 14.3. The number of hydrogen-bond acceptors (Lipinski definition) is 6. The van der Waals surface area contributed by atoms with Gasteiger partial charge in [0.1, 0.15) is 11.9 Å². The van der Waals surface area contributed by atoms with Gasteiger partial charge in [0.15, 0.2) is 0 Å². The summed E-state index contributed by atoms with van der Waals surface area (Å²) in [6, 6.07) is 4.58. The van der Waals surface area contributed by atoms with Crippen LogP contribution in [-0.2, 0) is 9.57 Å². The van der Waals surface area contributed by atoms with Crippen molar-refractivity contribution in [1.29, 1.82) is 0 Å². The summed E-state index contributed by atoms with van der Waals surface area (Å²) in [4.78, 5) is 19.8. The molecule has 21 heavy (non-hydrogen) atoms. The Balaban J connectivity index is 1.79. The molecule has 2 saturated heterocycles. The first-order valence-electron chi connectivity index (χ1n) is 6.67. The van der Waals surface area contributed by atoms with Crippen LogP contribution in [0.3, 0.4) is 0 Å². The lowest BCUT2D eigenvalue weighted by Gasteiger charge is -2.29. The van der Waals surface area contributed by atoms with E-state index in [4.69, 9.17) is 14.7 Å². The number of amides is 1. The Morgan fingerprint density at radius 3 is 2.95 bits per heavy atom. The number of carbonyl (C=O) groups excluding carboxylic acids is 1. The van der Waals surface area contributed by atoms with Crippen LogP contribution in [-0.4, -0.2) is 50.3 Å². The van der Waals surface area contributed by atoms with Gasteiger partial charge in [-0.2, -0.15) is 5.48 Å². The number of cyclic esters (lactones) is 1. The second-order valence-electron chi connectivity index (χ2n) is 4.85. The van der Waals surface area contributed by atoms with Crippen molar-refractivity contribution < 1.29 is 23.9 Å². The molecule has 2 aliphatic rings. The first kappa shape index (κ1) is 14.1. The Morgan fingerprint density at radius 2 is 2.33 bits per heavy atom. The second kappa shape index (κ2) is 5.84. The van der Waals surface area contributed by atoms with Gasteiger partial charge >= 0.3 is 6.09 Å². The lowest BCUT2D eigenvalue weighted by Crippen LogP contribution is -2.43. The van der Waals surface area contributed by atoms with E-state index in [9.17, 15) is 9.18 Å². The van der Waals surface area contributed by atoms with Gasteiger partial charge in [0, 0.05) is 6.54 Å². The summed E-state index contributed by atoms with van der Waals surface area (Å²) in [7, 11) is 0. The number of aliphatic hydroxyl groups excluding tert-OH is 1. The van der Waals surface area contributed by atoms with Crippen LogP contribution in [0, 0.1) is 5.82 Å². The van der Waals surface area contributed by atoms with Crippen molar-refractivity contribution in [3.63, 3.8) is 0 Å². The average molecular weight is 297 g/mol. The fraction of sp³-hybridized carbons (Fsp3) is 0.462. The van der Waals surface area contributed by atoms with Crippen molar-refractivity contribution >= 4 is 17.5 Å². The lowest BCUT2D eigenvalue weighted by molar-refractivity contribution is 0.0234. The molecule has 0 bridgehead atoms. The first-order chi connectivity index (χ1) is 10.2. The zero-order valence-electron chi connectivity index (χ0n) is 11.3. The van der Waals surface area contributed by atoms with Gasteiger partial charge in [0.05, 0.1) is 37.8 Å². The third kappa shape index (κ3) is 2.78. The Kier molecular flexibility index (Phi) is 3.91. The van der Waals surface area contributed by atoms with E-state index in [0.29, 0.717) is 31.2 Å². The van der Waals surface area contributed by atoms with E-state index in [1.54, 1.807) is 17.0 Å². The summed E-state index contributed by atoms with van der Waals surface area (Å²) in [6.45, 7) is 1.42. The smallest absolute Gasteiger partial charge is 0.414 e. The molecule has 1 unspecified atom stereocenters. The summed E-state index contributed by atoms with van der Waals surface area (Å²) >= 11 is 0. The monoisotopic (exact) mass is 297 g/mol. The van der Waals surface area contributed by atoms with Crippen LogP contribution < -0.4 is 15.3 Å². The van der Waals surface area contributed by atoms with Crippen LogP contribution in [0.1, 0.15) is 0 Å². The topological polar surface area (TPSA) is 74.3 Å². The molecular formula is C13H16FN3O4. The van der Waals surface area contributed by atoms with Crippen molar-refractivity contribution in [3.05, 3.63) is 24.0 Å². The van der Waals surface area contributed by atoms with Crippen molar-refractivity contribution in [2.75, 3.05) is 42.8 Å². The first-order valence-corrected chi connectivity index (χ1v) is 6.67. The number of nitrogens with one attached hydrogen (secondary N) is 1. The lowest BCUT2D eigenvalue weighted by atomic mass is 10.2. The molecule has 1 amide bonds. The largest absolute Gasteiger partial charge is 0.441 e. The predicted octanol–water partition coefficient (Wildman–Crippen LogP) is 0.442. The van der Waals surface area contributed by atoms with Crippen LogP contribution in [0.2, 0.25) is 0 Å². The molecule has 1 atom stereocenters. The number of rotatable bonds is 3. The number of nitrogens with zero attached hydrogens (tertiary/aromatic N) is 2. The second-order valence-corrected chi connectivity index (χ2v) is 4.85. The van der Waals surface area contributed by atoms with Gasteiger partial charge in [-0.25, -0.2) is 9.18 Å². The third-order valence-corrected chi connectivity index (χ3v) is 3.48. The van der Waals surface area contributed by atoms with E-state index >= 15 is 0 Å². The minimum atomic E-state index is -0.575. The average Bonchev–Trinajstić information content (AvgIpc) is 2.89. The van der Waals surface area contributed by atoms with Gasteiger partial charge in [0.2, 0.25) is 0 Å². The zero-order valence-corrected chi connectivity index (χ0v) is 11.3. The third-order valence-electron chi connectivity index (χ3n) is 3.48. The quantitative estimate of drug-likeness (QED) is 0.843. The van der Waals surface area contributed by atoms with Crippen molar-refractivity contribution in [3.8, 4) is 0 Å². The van der Waals surface area contributed by atoms with Crippen LogP contribution in [0.5, 0.6) is 0 Å². The molecule has 2 aliphatic heterocycles. The summed E-state index contributed by atoms with van der Waals surface area (Å²) in [5.74, 6) is -0.420. The van der Waals surface area contributed by atoms with Crippen molar-refractivity contribution in [2.24, 2.45) is 0 Å². The zero-order chi connectivity index (χ0) is 14.8. The summed E-state index contributed by atoms with van der Waals surface area (Å²) in [5, 5.41) is 9.01. The van der Waals surface area contributed by atoms with Crippen LogP contribution in [0.4, 0.5) is 20.6 Å². The maximum Gasteiger partial charge on any atom is 0.414 e. The van der Waals surface area contributed by atoms with Crippen LogP contribution in [0.15, 0.2) is 18.2 Å². The predicted molar refractivity (Wildman–Crippen MR) is 72.4 cm³/mol. The molecule has 1 aromatic rings. The Morgan fingerprint density at radius 1 is 1.48 bits per heavy atom. The highest BCUT2D eigenvalue weighted by atomic mass is 19.1. The highest BCUT2D eigenvalue weighted by molar-refractivity contribution is 5.90. The number of hydroxylamine groups is 1. The van der Waals surface area contributed by atoms with Crippen molar-refractivity contribution in [2.45, 2.75) is 6.10 Å². The van der Waals surface area contributed by atoms with Crippen molar-refractivity contribution in [1.82, 2.24) is 5.48 Å². The SMILES string of the molecule is O=C1OC(CO)CN1c1ccc(N2CCONC2)c(F)c1. The Bertz CT molecular complexity index is 536. The van der Waals surface area contributed by atoms with Gasteiger partial charge in [-0.3, -0.25) is 9.74 Å². The molecule has 1 aromatic carbocycles. The van der Waals surface area contributed by atoms with E-state index in [1.165, 1.54) is 11.0 Å². The molecule has 7 nitrogen and oxygen atoms in total. The molecule has 2 fully saturated rings. The molecule has 0 aliphatic carbocycles. The number of ether oxygens (including phenoxy) is 1. The molecule has 3 rings (SSSR count). The fourth-order valence-electron chi connectivity index (χ4n) is 2.38. The van der Waals surface area contributed by atoms with Gasteiger partial charge in [-0.1, -0.05) is 0 Å². The number of halogens is 1. The number of aliphatic hydroxyl groups is 1. The number of benzene rings is 1. The van der Waals surface area contributed by atoms with E-state index in [0.717, 1.165) is 0 Å². The summed E-state index contributed by atoms with van der Waals surface area (Å²) < 4.78 is 19.2. The van der Waals surface area contributed by atoms with E-state index in [2.05, 4.69) is 5.48 Å². The number of carbonyl (C=O) groups is 1. The minimum absolute atomic E-state index is 0.216. The highest BCUT2D eigenvalue weighted by Crippen LogP contribution is 2.28. The molecule has 2 N–H and O–H groups in total. The van der Waals surface area contributed by atoms with E-state index in [1.807, 2.05) is 0 Å². The van der Waals surface area contributed by atoms with Crippen LogP contribution >= 0.6 is 0 Å². The maximum atomic E-state index is 14.3. The molecule has 0 radical (unpaired) electrons. The standard InChI is InChI=1S/C13H16FN3O4/c14-11-5-9(17-6-10(7-18)21-13(17)19)1-2-12(11)16-3-4-20-15-8-16/h1-2,5,10,15,18H,3-4,6-8H2. The molecule has 2 heterocycles. The Hall–Kier alpha value is -1.90. The molecular weight excluding hydrogens is 281 g/mol. The molecule has 0 spiro atoms. The molecule has 0 aromatic heterocycles. The van der Waals surface area contributed by atoms with Gasteiger partial charge in [0.25, 0.3) is 0 Å². The Labute approximate surface area is 120 Å². The van der Waals surface area contributed by atoms with Gasteiger partial charge in [-0.15, -0.1) is 0 Å².